The maximum atomic E-state index is 13.4. The van der Waals surface area contributed by atoms with Crippen molar-refractivity contribution in [1.82, 2.24) is 9.97 Å². The summed E-state index contributed by atoms with van der Waals surface area (Å²) in [5.41, 5.74) is 0.265. The predicted octanol–water partition coefficient (Wildman–Crippen LogP) is 2.90. The van der Waals surface area contributed by atoms with Crippen LogP contribution >= 0.6 is 11.6 Å². The molecular weight excluding hydrogens is 288 g/mol. The molecular formula is C13H10ClF2N3O. The zero-order valence-corrected chi connectivity index (χ0v) is 11.2. The van der Waals surface area contributed by atoms with Gasteiger partial charge in [0.05, 0.1) is 6.42 Å². The molecule has 7 heteroatoms. The van der Waals surface area contributed by atoms with Gasteiger partial charge in [-0.25, -0.2) is 18.7 Å². The first-order valence-electron chi connectivity index (χ1n) is 5.69. The van der Waals surface area contributed by atoms with Crippen molar-refractivity contribution in [3.05, 3.63) is 52.3 Å². The molecule has 1 aromatic carbocycles. The molecule has 0 fully saturated rings. The molecule has 0 bridgehead atoms. The number of rotatable bonds is 3. The molecule has 0 radical (unpaired) electrons. The van der Waals surface area contributed by atoms with E-state index in [4.69, 9.17) is 11.6 Å². The van der Waals surface area contributed by atoms with E-state index in [-0.39, 0.29) is 16.7 Å². The highest BCUT2D eigenvalue weighted by Crippen LogP contribution is 2.14. The lowest BCUT2D eigenvalue weighted by Gasteiger charge is -2.06. The van der Waals surface area contributed by atoms with Gasteiger partial charge in [-0.2, -0.15) is 0 Å². The number of carbonyl (C=O) groups excluding carboxylic acids is 1. The van der Waals surface area contributed by atoms with Crippen LogP contribution in [0.3, 0.4) is 0 Å². The summed E-state index contributed by atoms with van der Waals surface area (Å²) in [6.45, 7) is 1.68. The summed E-state index contributed by atoms with van der Waals surface area (Å²) in [4.78, 5) is 19.5. The topological polar surface area (TPSA) is 54.9 Å². The van der Waals surface area contributed by atoms with Gasteiger partial charge in [0, 0.05) is 11.3 Å². The van der Waals surface area contributed by atoms with Crippen LogP contribution in [-0.4, -0.2) is 15.9 Å². The van der Waals surface area contributed by atoms with Crippen molar-refractivity contribution in [3.63, 3.8) is 0 Å². The normalized spacial score (nSPS) is 10.4. The van der Waals surface area contributed by atoms with Crippen LogP contribution in [0.4, 0.5) is 14.7 Å². The molecule has 0 saturated heterocycles. The zero-order chi connectivity index (χ0) is 14.7. The fraction of sp³-hybridized carbons (Fsp3) is 0.154. The number of amides is 1. The standard InChI is InChI=1S/C13H10ClF2N3O/c1-7-5-11(14)18-13(17-7)19-12(20)6-8-9(15)3-2-4-10(8)16/h2-5H,6H2,1H3,(H,17,18,19,20). The maximum absolute atomic E-state index is 13.4. The Morgan fingerprint density at radius 2 is 1.95 bits per heavy atom. The average molecular weight is 298 g/mol. The molecule has 0 saturated carbocycles. The third kappa shape index (κ3) is 3.48. The lowest BCUT2D eigenvalue weighted by molar-refractivity contribution is -0.115. The summed E-state index contributed by atoms with van der Waals surface area (Å²) < 4.78 is 26.8. The van der Waals surface area contributed by atoms with Crippen LogP contribution in [0.25, 0.3) is 0 Å². The van der Waals surface area contributed by atoms with E-state index < -0.39 is 24.0 Å². The van der Waals surface area contributed by atoms with Crippen molar-refractivity contribution in [2.75, 3.05) is 5.32 Å². The van der Waals surface area contributed by atoms with E-state index in [2.05, 4.69) is 15.3 Å². The van der Waals surface area contributed by atoms with Gasteiger partial charge in [0.25, 0.3) is 0 Å². The number of halogens is 3. The fourth-order valence-corrected chi connectivity index (χ4v) is 1.85. The monoisotopic (exact) mass is 297 g/mol. The van der Waals surface area contributed by atoms with Crippen LogP contribution in [0, 0.1) is 18.6 Å². The minimum absolute atomic E-state index is 0.00301. The molecule has 0 atom stereocenters. The number of hydrogen-bond donors (Lipinski definition) is 1. The van der Waals surface area contributed by atoms with Gasteiger partial charge in [-0.3, -0.25) is 10.1 Å². The Bertz CT molecular complexity index is 624. The van der Waals surface area contributed by atoms with E-state index in [9.17, 15) is 13.6 Å². The van der Waals surface area contributed by atoms with E-state index in [1.165, 1.54) is 12.1 Å². The molecule has 1 aromatic heterocycles. The van der Waals surface area contributed by atoms with Gasteiger partial charge in [-0.1, -0.05) is 17.7 Å². The smallest absolute Gasteiger partial charge is 0.231 e. The number of aromatic nitrogens is 2. The van der Waals surface area contributed by atoms with Crippen LogP contribution in [0.5, 0.6) is 0 Å². The Morgan fingerprint density at radius 3 is 2.55 bits per heavy atom. The van der Waals surface area contributed by atoms with Crippen molar-refractivity contribution in [1.29, 1.82) is 0 Å². The summed E-state index contributed by atoms with van der Waals surface area (Å²) in [6.07, 6.45) is -0.451. The molecule has 0 aliphatic rings. The van der Waals surface area contributed by atoms with E-state index in [0.29, 0.717) is 5.69 Å². The molecule has 4 nitrogen and oxygen atoms in total. The lowest BCUT2D eigenvalue weighted by Crippen LogP contribution is -2.18. The largest absolute Gasteiger partial charge is 0.294 e. The fourth-order valence-electron chi connectivity index (χ4n) is 1.62. The summed E-state index contributed by atoms with van der Waals surface area (Å²) >= 11 is 5.72. The quantitative estimate of drug-likeness (QED) is 0.886. The third-order valence-corrected chi connectivity index (χ3v) is 2.67. The molecule has 20 heavy (non-hydrogen) atoms. The lowest BCUT2D eigenvalue weighted by atomic mass is 10.1. The number of hydrogen-bond acceptors (Lipinski definition) is 3. The van der Waals surface area contributed by atoms with E-state index in [1.54, 1.807) is 6.92 Å². The summed E-state index contributed by atoms with van der Waals surface area (Å²) in [5.74, 6) is -2.18. The molecule has 1 amide bonds. The van der Waals surface area contributed by atoms with Crippen LogP contribution in [0.2, 0.25) is 5.15 Å². The molecule has 0 aliphatic heterocycles. The molecule has 0 aliphatic carbocycles. The van der Waals surface area contributed by atoms with Crippen LogP contribution < -0.4 is 5.32 Å². The van der Waals surface area contributed by atoms with Crippen LogP contribution in [-0.2, 0) is 11.2 Å². The molecule has 1 N–H and O–H groups in total. The maximum Gasteiger partial charge on any atom is 0.231 e. The summed E-state index contributed by atoms with van der Waals surface area (Å²) in [5, 5.41) is 2.52. The van der Waals surface area contributed by atoms with Gasteiger partial charge in [0.15, 0.2) is 0 Å². The first kappa shape index (κ1) is 14.3. The molecule has 2 rings (SSSR count). The van der Waals surface area contributed by atoms with Gasteiger partial charge in [-0.15, -0.1) is 0 Å². The number of anilines is 1. The number of carbonyl (C=O) groups is 1. The minimum Gasteiger partial charge on any atom is -0.294 e. The number of benzene rings is 1. The second-order valence-corrected chi connectivity index (χ2v) is 4.47. The van der Waals surface area contributed by atoms with E-state index in [0.717, 1.165) is 12.1 Å². The Labute approximate surface area is 118 Å². The van der Waals surface area contributed by atoms with Gasteiger partial charge in [-0.05, 0) is 25.1 Å². The average Bonchev–Trinajstić information content (AvgIpc) is 2.32. The second kappa shape index (κ2) is 5.92. The molecule has 0 spiro atoms. The Morgan fingerprint density at radius 1 is 1.30 bits per heavy atom. The Kier molecular flexibility index (Phi) is 4.24. The van der Waals surface area contributed by atoms with Crippen molar-refractivity contribution < 1.29 is 13.6 Å². The highest BCUT2D eigenvalue weighted by Gasteiger charge is 2.14. The van der Waals surface area contributed by atoms with Gasteiger partial charge < -0.3 is 0 Å². The molecule has 104 valence electrons. The summed E-state index contributed by atoms with van der Waals surface area (Å²) in [7, 11) is 0. The van der Waals surface area contributed by atoms with Crippen molar-refractivity contribution in [3.8, 4) is 0 Å². The predicted molar refractivity (Wildman–Crippen MR) is 70.5 cm³/mol. The zero-order valence-electron chi connectivity index (χ0n) is 10.5. The van der Waals surface area contributed by atoms with Gasteiger partial charge in [0.1, 0.15) is 16.8 Å². The first-order valence-corrected chi connectivity index (χ1v) is 6.07. The molecule has 1 heterocycles. The minimum atomic E-state index is -0.775. The number of aryl methyl sites for hydroxylation is 1. The van der Waals surface area contributed by atoms with Gasteiger partial charge in [0.2, 0.25) is 11.9 Å². The summed E-state index contributed by atoms with van der Waals surface area (Å²) in [6, 6.07) is 4.93. The Balaban J connectivity index is 2.13. The highest BCUT2D eigenvalue weighted by molar-refractivity contribution is 6.29. The SMILES string of the molecule is Cc1cc(Cl)nc(NC(=O)Cc2c(F)cccc2F)n1. The van der Waals surface area contributed by atoms with Crippen LogP contribution in [0.1, 0.15) is 11.3 Å². The Hall–Kier alpha value is -2.08. The molecule has 0 unspecified atom stereocenters. The first-order chi connectivity index (χ1) is 9.45. The van der Waals surface area contributed by atoms with Crippen LogP contribution in [0.15, 0.2) is 24.3 Å². The van der Waals surface area contributed by atoms with Crippen molar-refractivity contribution in [2.45, 2.75) is 13.3 Å². The number of nitrogens with zero attached hydrogens (tertiary/aromatic N) is 2. The molecule has 2 aromatic rings. The van der Waals surface area contributed by atoms with Crippen molar-refractivity contribution >= 4 is 23.5 Å². The van der Waals surface area contributed by atoms with E-state index >= 15 is 0 Å². The van der Waals surface area contributed by atoms with Gasteiger partial charge >= 0.3 is 0 Å². The third-order valence-electron chi connectivity index (χ3n) is 2.47. The highest BCUT2D eigenvalue weighted by atomic mass is 35.5. The van der Waals surface area contributed by atoms with Crippen molar-refractivity contribution in [2.24, 2.45) is 0 Å². The number of nitrogens with one attached hydrogen (secondary N) is 1. The van der Waals surface area contributed by atoms with E-state index in [1.807, 2.05) is 0 Å². The second-order valence-electron chi connectivity index (χ2n) is 4.08.